The number of carbonyl (C=O) groups is 1. The van der Waals surface area contributed by atoms with Gasteiger partial charge in [0.15, 0.2) is 0 Å². The van der Waals surface area contributed by atoms with Crippen molar-refractivity contribution in [1.29, 1.82) is 0 Å². The molecule has 0 saturated carbocycles. The zero-order valence-corrected chi connectivity index (χ0v) is 11.1. The number of hydrogen-bond donors (Lipinski definition) is 4. The third-order valence-corrected chi connectivity index (χ3v) is 2.49. The van der Waals surface area contributed by atoms with E-state index in [1.54, 1.807) is 29.2 Å². The molecule has 1 aromatic rings. The van der Waals surface area contributed by atoms with Gasteiger partial charge in [-0.1, -0.05) is 0 Å². The molecule has 2 atom stereocenters. The van der Waals surface area contributed by atoms with Gasteiger partial charge in [0.1, 0.15) is 29.0 Å². The predicted octanol–water partition coefficient (Wildman–Crippen LogP) is -0.277. The summed E-state index contributed by atoms with van der Waals surface area (Å²) in [6.07, 6.45) is 2.62. The summed E-state index contributed by atoms with van der Waals surface area (Å²) in [5, 5.41) is 21.2. The third kappa shape index (κ3) is 5.44. The van der Waals surface area contributed by atoms with Crippen LogP contribution in [0.5, 0.6) is 0 Å². The average Bonchev–Trinajstić information content (AvgIpc) is 2.76. The normalized spacial score (nSPS) is 14.5. The molecule has 0 aliphatic carbocycles. The standard InChI is InChI=1S/C9H14IN3O4/c10-17-4-7(14)3-12-8(9(15)16)1-6-2-11-5-13-6/h2,5,7-8,12,14H,1,3-4H2,(H,11,13)(H,15,16). The van der Waals surface area contributed by atoms with Gasteiger partial charge < -0.3 is 23.6 Å². The van der Waals surface area contributed by atoms with Crippen LogP contribution < -0.4 is 5.32 Å². The van der Waals surface area contributed by atoms with Crippen LogP contribution in [0, 0.1) is 0 Å². The van der Waals surface area contributed by atoms with E-state index in [1.807, 2.05) is 0 Å². The number of aliphatic carboxylic acids is 1. The van der Waals surface area contributed by atoms with E-state index in [9.17, 15) is 9.90 Å². The van der Waals surface area contributed by atoms with E-state index in [2.05, 4.69) is 15.3 Å². The van der Waals surface area contributed by atoms with Crippen LogP contribution in [-0.2, 0) is 14.3 Å². The van der Waals surface area contributed by atoms with Gasteiger partial charge >= 0.3 is 5.97 Å². The number of carboxylic acid groups (broad SMARTS) is 1. The molecular weight excluding hydrogens is 341 g/mol. The Morgan fingerprint density at radius 1 is 1.71 bits per heavy atom. The van der Waals surface area contributed by atoms with Crippen LogP contribution in [0.4, 0.5) is 0 Å². The molecule has 1 heterocycles. The number of halogens is 1. The smallest absolute Gasteiger partial charge is 0.321 e. The maximum Gasteiger partial charge on any atom is 0.321 e. The minimum atomic E-state index is -0.970. The number of H-pyrrole nitrogens is 1. The summed E-state index contributed by atoms with van der Waals surface area (Å²) in [4.78, 5) is 17.6. The van der Waals surface area contributed by atoms with Crippen molar-refractivity contribution in [2.24, 2.45) is 0 Å². The summed E-state index contributed by atoms with van der Waals surface area (Å²) in [6, 6.07) is -0.765. The van der Waals surface area contributed by atoms with Crippen LogP contribution in [0.3, 0.4) is 0 Å². The molecule has 0 aromatic carbocycles. The fourth-order valence-corrected chi connectivity index (χ4v) is 1.69. The highest BCUT2D eigenvalue weighted by Crippen LogP contribution is 1.99. The number of rotatable bonds is 8. The average molecular weight is 355 g/mol. The SMILES string of the molecule is O=C(O)C(Cc1cnc[nH]1)NCC(O)COI. The number of aliphatic hydroxyl groups is 1. The number of aromatic nitrogens is 2. The Bertz CT molecular complexity index is 333. The quantitative estimate of drug-likeness (QED) is 0.478. The van der Waals surface area contributed by atoms with Gasteiger partial charge in [-0.3, -0.25) is 4.79 Å². The maximum absolute atomic E-state index is 11.0. The Hall–Kier alpha value is -0.710. The molecule has 0 bridgehead atoms. The van der Waals surface area contributed by atoms with E-state index in [-0.39, 0.29) is 19.6 Å². The number of nitrogens with zero attached hydrogens (tertiary/aromatic N) is 1. The lowest BCUT2D eigenvalue weighted by molar-refractivity contribution is -0.139. The first-order chi connectivity index (χ1) is 8.13. The first-order valence-electron chi connectivity index (χ1n) is 4.98. The highest BCUT2D eigenvalue weighted by Gasteiger charge is 2.19. The number of nitrogens with one attached hydrogen (secondary N) is 2. The molecule has 96 valence electrons. The Balaban J connectivity index is 2.41. The number of carboxylic acids is 1. The Morgan fingerprint density at radius 3 is 3.00 bits per heavy atom. The molecule has 1 rings (SSSR count). The molecular formula is C9H14IN3O4. The Kier molecular flexibility index (Phi) is 6.40. The van der Waals surface area contributed by atoms with Gasteiger partial charge in [0.2, 0.25) is 0 Å². The van der Waals surface area contributed by atoms with Crippen LogP contribution in [0.1, 0.15) is 5.69 Å². The van der Waals surface area contributed by atoms with Crippen molar-refractivity contribution in [3.05, 3.63) is 18.2 Å². The van der Waals surface area contributed by atoms with Gasteiger partial charge in [-0.15, -0.1) is 0 Å². The maximum atomic E-state index is 11.0. The summed E-state index contributed by atoms with van der Waals surface area (Å²) in [5.74, 6) is -0.970. The third-order valence-electron chi connectivity index (χ3n) is 2.13. The minimum absolute atomic E-state index is 0.157. The Morgan fingerprint density at radius 2 is 2.47 bits per heavy atom. The van der Waals surface area contributed by atoms with Gasteiger partial charge in [0.25, 0.3) is 0 Å². The van der Waals surface area contributed by atoms with Crippen LogP contribution in [0.25, 0.3) is 0 Å². The monoisotopic (exact) mass is 355 g/mol. The van der Waals surface area contributed by atoms with Crippen molar-refractivity contribution in [3.63, 3.8) is 0 Å². The fourth-order valence-electron chi connectivity index (χ4n) is 1.27. The van der Waals surface area contributed by atoms with Crippen molar-refractivity contribution >= 4 is 29.0 Å². The topological polar surface area (TPSA) is 107 Å². The Labute approximate surface area is 112 Å². The van der Waals surface area contributed by atoms with Crippen molar-refractivity contribution < 1.29 is 18.1 Å². The summed E-state index contributed by atoms with van der Waals surface area (Å²) in [6.45, 7) is 0.318. The fraction of sp³-hybridized carbons (Fsp3) is 0.556. The van der Waals surface area contributed by atoms with Crippen LogP contribution in [0.15, 0.2) is 12.5 Å². The molecule has 0 saturated heterocycles. The second kappa shape index (κ2) is 7.58. The van der Waals surface area contributed by atoms with E-state index in [0.717, 1.165) is 5.69 Å². The lowest BCUT2D eigenvalue weighted by Crippen LogP contribution is -2.43. The molecule has 0 amide bonds. The molecule has 8 heteroatoms. The van der Waals surface area contributed by atoms with E-state index >= 15 is 0 Å². The summed E-state index contributed by atoms with van der Waals surface area (Å²) >= 11 is 1.67. The number of aromatic amines is 1. The summed E-state index contributed by atoms with van der Waals surface area (Å²) < 4.78 is 4.72. The highest BCUT2D eigenvalue weighted by atomic mass is 127. The molecule has 0 radical (unpaired) electrons. The molecule has 17 heavy (non-hydrogen) atoms. The van der Waals surface area contributed by atoms with Gasteiger partial charge in [-0.25, -0.2) is 4.98 Å². The van der Waals surface area contributed by atoms with Gasteiger partial charge in [0.05, 0.1) is 19.0 Å². The first-order valence-corrected chi connectivity index (χ1v) is 5.86. The zero-order valence-electron chi connectivity index (χ0n) is 8.97. The second-order valence-corrected chi connectivity index (χ2v) is 4.13. The van der Waals surface area contributed by atoms with Crippen LogP contribution >= 0.6 is 23.0 Å². The van der Waals surface area contributed by atoms with Gasteiger partial charge in [-0.05, 0) is 0 Å². The van der Waals surface area contributed by atoms with Gasteiger partial charge in [-0.2, -0.15) is 0 Å². The molecule has 0 aliphatic heterocycles. The van der Waals surface area contributed by atoms with E-state index in [4.69, 9.17) is 8.17 Å². The first kappa shape index (κ1) is 14.4. The van der Waals surface area contributed by atoms with Crippen molar-refractivity contribution in [1.82, 2.24) is 15.3 Å². The van der Waals surface area contributed by atoms with E-state index in [1.165, 1.54) is 6.33 Å². The lowest BCUT2D eigenvalue weighted by atomic mass is 10.1. The second-order valence-electron chi connectivity index (χ2n) is 3.51. The van der Waals surface area contributed by atoms with Crippen molar-refractivity contribution in [2.75, 3.05) is 13.2 Å². The largest absolute Gasteiger partial charge is 0.480 e. The predicted molar refractivity (Wildman–Crippen MR) is 67.7 cm³/mol. The van der Waals surface area contributed by atoms with Crippen molar-refractivity contribution in [2.45, 2.75) is 18.6 Å². The van der Waals surface area contributed by atoms with Crippen LogP contribution in [-0.4, -0.2) is 51.4 Å². The van der Waals surface area contributed by atoms with Gasteiger partial charge in [0, 0.05) is 24.9 Å². The number of aliphatic hydroxyl groups excluding tert-OH is 1. The highest BCUT2D eigenvalue weighted by molar-refractivity contribution is 14.1. The van der Waals surface area contributed by atoms with Crippen LogP contribution in [0.2, 0.25) is 0 Å². The molecule has 1 aromatic heterocycles. The van der Waals surface area contributed by atoms with E-state index in [0.29, 0.717) is 0 Å². The molecule has 4 N–H and O–H groups in total. The molecule has 0 spiro atoms. The summed E-state index contributed by atoms with van der Waals surface area (Å²) in [5.41, 5.74) is 0.726. The molecule has 0 fully saturated rings. The molecule has 0 aliphatic rings. The molecule has 2 unspecified atom stereocenters. The minimum Gasteiger partial charge on any atom is -0.480 e. The van der Waals surface area contributed by atoms with Crippen molar-refractivity contribution in [3.8, 4) is 0 Å². The molecule has 7 nitrogen and oxygen atoms in total. The number of hydrogen-bond acceptors (Lipinski definition) is 5. The number of imidazole rings is 1. The lowest BCUT2D eigenvalue weighted by Gasteiger charge is -2.16. The summed E-state index contributed by atoms with van der Waals surface area (Å²) in [7, 11) is 0. The van der Waals surface area contributed by atoms with E-state index < -0.39 is 18.1 Å². The zero-order chi connectivity index (χ0) is 12.7.